The summed E-state index contributed by atoms with van der Waals surface area (Å²) in [5.41, 5.74) is 0.744. The van der Waals surface area contributed by atoms with E-state index in [0.717, 1.165) is 17.3 Å². The van der Waals surface area contributed by atoms with Crippen LogP contribution >= 0.6 is 0 Å². The number of hydrogen-bond donors (Lipinski definition) is 1. The monoisotopic (exact) mass is 249 g/mol. The van der Waals surface area contributed by atoms with Crippen LogP contribution in [0.4, 0.5) is 0 Å². The van der Waals surface area contributed by atoms with Gasteiger partial charge in [-0.3, -0.25) is 0 Å². The van der Waals surface area contributed by atoms with E-state index in [0.29, 0.717) is 0 Å². The van der Waals surface area contributed by atoms with Gasteiger partial charge in [-0.1, -0.05) is 0 Å². The molecule has 88 valence electrons. The van der Waals surface area contributed by atoms with Crippen LogP contribution in [0.5, 0.6) is 0 Å². The van der Waals surface area contributed by atoms with Gasteiger partial charge in [0.15, 0.2) is 0 Å². The molecule has 1 unspecified atom stereocenters. The first-order chi connectivity index (χ1) is 6.69. The van der Waals surface area contributed by atoms with Crippen molar-refractivity contribution in [2.45, 2.75) is 31.7 Å². The third-order valence-electron chi connectivity index (χ3n) is 1.80. The Bertz CT molecular complexity index is 162. The van der Waals surface area contributed by atoms with Gasteiger partial charge in [0, 0.05) is 0 Å². The van der Waals surface area contributed by atoms with E-state index in [1.165, 1.54) is 7.11 Å². The predicted octanol–water partition coefficient (Wildman–Crippen LogP) is 1.10. The number of carbonyl (C=O) groups excluding carboxylic acids is 1. The van der Waals surface area contributed by atoms with Gasteiger partial charge in [0.25, 0.3) is 0 Å². The number of methoxy groups -OCH3 is 1. The van der Waals surface area contributed by atoms with Gasteiger partial charge in [-0.05, 0) is 0 Å². The van der Waals surface area contributed by atoms with Crippen LogP contribution < -0.4 is 5.32 Å². The zero-order valence-electron chi connectivity index (χ0n) is 9.26. The first-order valence-electron chi connectivity index (χ1n) is 4.59. The van der Waals surface area contributed by atoms with Crippen molar-refractivity contribution < 1.29 is 27.4 Å². The van der Waals surface area contributed by atoms with Crippen LogP contribution in [0.1, 0.15) is 20.3 Å². The summed E-state index contributed by atoms with van der Waals surface area (Å²) >= 11 is -0.422. The third-order valence-corrected chi connectivity index (χ3v) is 3.84. The van der Waals surface area contributed by atoms with Crippen molar-refractivity contribution in [2.75, 3.05) is 19.7 Å². The molecule has 0 rings (SSSR count). The Hall–Kier alpha value is -0.104. The van der Waals surface area contributed by atoms with Crippen molar-refractivity contribution >= 4 is 5.97 Å². The average molecular weight is 249 g/mol. The van der Waals surface area contributed by atoms with E-state index in [1.807, 2.05) is 6.92 Å². The molecule has 0 amide bonds. The molecular weight excluding hydrogens is 229 g/mol. The van der Waals surface area contributed by atoms with Crippen LogP contribution in [0.25, 0.3) is 0 Å². The summed E-state index contributed by atoms with van der Waals surface area (Å²) < 4.78 is 9.92. The summed E-state index contributed by atoms with van der Waals surface area (Å²) in [5, 5.41) is 4.14. The molecule has 0 aliphatic rings. The Labute approximate surface area is 90.4 Å². The quantitative estimate of drug-likeness (QED) is 0.686. The van der Waals surface area contributed by atoms with Gasteiger partial charge in [-0.15, -0.1) is 0 Å². The molecule has 0 saturated carbocycles. The summed E-state index contributed by atoms with van der Waals surface area (Å²) in [4.78, 5) is 11.2. The van der Waals surface area contributed by atoms with Crippen molar-refractivity contribution in [2.24, 2.45) is 0 Å². The molecule has 1 N–H and O–H groups in total. The van der Waals surface area contributed by atoms with E-state index in [2.05, 4.69) is 17.0 Å². The van der Waals surface area contributed by atoms with E-state index < -0.39 is 14.0 Å². The summed E-state index contributed by atoms with van der Waals surface area (Å²) in [5.74, 6) is -0.200. The molecule has 0 spiro atoms. The molecule has 0 aliphatic heterocycles. The Kier molecular flexibility index (Phi) is 8.16. The summed E-state index contributed by atoms with van der Waals surface area (Å²) in [6, 6.07) is -0.203. The van der Waals surface area contributed by atoms with Gasteiger partial charge in [-0.2, -0.15) is 0 Å². The number of nitrogens with one attached hydrogen (secondary N) is 1. The van der Waals surface area contributed by atoms with Gasteiger partial charge >= 0.3 is 90.0 Å². The van der Waals surface area contributed by atoms with Crippen molar-refractivity contribution in [1.29, 1.82) is 0 Å². The van der Waals surface area contributed by atoms with Gasteiger partial charge in [-0.25, -0.2) is 0 Å². The van der Waals surface area contributed by atoms with Gasteiger partial charge in [0.2, 0.25) is 0 Å². The molecule has 0 aromatic carbocycles. The molecule has 0 heterocycles. The molecule has 0 bridgehead atoms. The fraction of sp³-hybridized carbons (Fsp3) is 0.889. The second-order valence-corrected chi connectivity index (χ2v) is 5.19. The minimum absolute atomic E-state index is 0.200. The maximum atomic E-state index is 11.2. The molecule has 0 aliphatic carbocycles. The fourth-order valence-electron chi connectivity index (χ4n) is 0.922. The number of rotatable bonds is 7. The van der Waals surface area contributed by atoms with E-state index in [-0.39, 0.29) is 12.0 Å². The van der Waals surface area contributed by atoms with Crippen LogP contribution in [0, 0.1) is 0 Å². The standard InChI is InChI=1S/C6H12NO2.C2H5.CH3O.Co/c1-4-5(7-2)6(8)9-3;2*1-2;/h5,7H,2,4H2,1,3H3;1H2,2H3;1H3;/q;;-1;+1. The number of esters is 1. The van der Waals surface area contributed by atoms with Gasteiger partial charge < -0.3 is 0 Å². The van der Waals surface area contributed by atoms with E-state index in [4.69, 9.17) is 3.85 Å². The van der Waals surface area contributed by atoms with E-state index in [1.54, 1.807) is 7.11 Å². The summed E-state index contributed by atoms with van der Waals surface area (Å²) in [6.45, 7) is 4.03. The number of hydrogen-bond acceptors (Lipinski definition) is 4. The molecule has 1 atom stereocenters. The first-order valence-corrected chi connectivity index (χ1v) is 6.48. The Balaban J connectivity index is 3.88. The second kappa shape index (κ2) is 8.23. The number of carbonyl (C=O) groups is 1. The molecule has 0 radical (unpaired) electrons. The molecule has 14 heavy (non-hydrogen) atoms. The summed E-state index contributed by atoms with van der Waals surface area (Å²) in [7, 11) is 3.11. The molecular formula is C9H20CoNO3. The first kappa shape index (κ1) is 13.9. The van der Waals surface area contributed by atoms with Crippen molar-refractivity contribution in [3.63, 3.8) is 0 Å². The third kappa shape index (κ3) is 4.95. The van der Waals surface area contributed by atoms with Crippen molar-refractivity contribution in [3.8, 4) is 0 Å². The minimum atomic E-state index is -0.422. The van der Waals surface area contributed by atoms with Crippen LogP contribution in [0.2, 0.25) is 5.36 Å². The SMILES string of the molecule is CCC(N[CH2][Co]([CH2]C)[O]C)C(=O)OC. The summed E-state index contributed by atoms with van der Waals surface area (Å²) in [6.07, 6.45) is 0.739. The topological polar surface area (TPSA) is 47.6 Å². The molecule has 0 saturated heterocycles. The van der Waals surface area contributed by atoms with E-state index in [9.17, 15) is 4.79 Å². The molecule has 0 aromatic rings. The van der Waals surface area contributed by atoms with Gasteiger partial charge in [0.05, 0.1) is 0 Å². The Morgan fingerprint density at radius 2 is 2.07 bits per heavy atom. The van der Waals surface area contributed by atoms with Crippen LogP contribution in [0.3, 0.4) is 0 Å². The normalized spacial score (nSPS) is 13.6. The average Bonchev–Trinajstić information content (AvgIpc) is 2.24. The van der Waals surface area contributed by atoms with Crippen LogP contribution in [-0.2, 0) is 27.4 Å². The zero-order valence-corrected chi connectivity index (χ0v) is 10.3. The zero-order chi connectivity index (χ0) is 11.0. The van der Waals surface area contributed by atoms with Crippen molar-refractivity contribution in [1.82, 2.24) is 5.32 Å². The second-order valence-electron chi connectivity index (χ2n) is 2.54. The molecule has 4 nitrogen and oxygen atoms in total. The van der Waals surface area contributed by atoms with Crippen LogP contribution in [0.15, 0.2) is 0 Å². The molecule has 0 fully saturated rings. The maximum absolute atomic E-state index is 11.2. The Morgan fingerprint density at radius 1 is 1.43 bits per heavy atom. The van der Waals surface area contributed by atoms with Gasteiger partial charge in [0.1, 0.15) is 0 Å². The molecule has 0 aromatic heterocycles. The number of ether oxygens (including phenoxy) is 1. The molecule has 5 heteroatoms. The van der Waals surface area contributed by atoms with E-state index >= 15 is 0 Å². The predicted molar refractivity (Wildman–Crippen MR) is 51.6 cm³/mol. The Morgan fingerprint density at radius 3 is 2.43 bits per heavy atom. The fourth-order valence-corrected chi connectivity index (χ4v) is 2.13. The van der Waals surface area contributed by atoms with Crippen LogP contribution in [-0.4, -0.2) is 31.7 Å². The van der Waals surface area contributed by atoms with Crippen molar-refractivity contribution in [3.05, 3.63) is 0 Å².